The maximum absolute atomic E-state index is 5.34. The average molecular weight is 225 g/mol. The second-order valence-electron chi connectivity index (χ2n) is 3.90. The summed E-state index contributed by atoms with van der Waals surface area (Å²) in [6.07, 6.45) is 8.05. The van der Waals surface area contributed by atoms with Gasteiger partial charge in [-0.3, -0.25) is 0 Å². The molecule has 0 aliphatic heterocycles. The van der Waals surface area contributed by atoms with E-state index in [0.717, 1.165) is 6.54 Å². The molecule has 2 N–H and O–H groups in total. The zero-order valence-corrected chi connectivity index (χ0v) is 11.2. The smallest absolute Gasteiger partial charge is 0.00773 e. The SMILES string of the molecule is CCCCCCCCN.CN(C)C.Cl. The van der Waals surface area contributed by atoms with Gasteiger partial charge in [0.1, 0.15) is 0 Å². The second kappa shape index (κ2) is 18.9. The number of nitrogens with two attached hydrogens (primary N) is 1. The van der Waals surface area contributed by atoms with Crippen molar-refractivity contribution in [2.75, 3.05) is 27.7 Å². The van der Waals surface area contributed by atoms with Crippen molar-refractivity contribution in [2.45, 2.75) is 45.4 Å². The number of halogens is 1. The average Bonchev–Trinajstić information content (AvgIpc) is 2.03. The highest BCUT2D eigenvalue weighted by atomic mass is 35.5. The standard InChI is InChI=1S/C8H19N.C3H9N.ClH/c1-2-3-4-5-6-7-8-9;1-4(2)3;/h2-9H2,1H3;1-3H3;1H. The van der Waals surface area contributed by atoms with Crippen LogP contribution in [0.3, 0.4) is 0 Å². The lowest BCUT2D eigenvalue weighted by Crippen LogP contribution is -1.99. The molecular formula is C11H29ClN2. The van der Waals surface area contributed by atoms with E-state index in [1.165, 1.54) is 38.5 Å². The molecule has 0 aromatic carbocycles. The summed E-state index contributed by atoms with van der Waals surface area (Å²) in [5.41, 5.74) is 5.34. The van der Waals surface area contributed by atoms with Crippen LogP contribution in [0.15, 0.2) is 0 Å². The number of unbranched alkanes of at least 4 members (excludes halogenated alkanes) is 5. The van der Waals surface area contributed by atoms with Crippen molar-refractivity contribution in [3.8, 4) is 0 Å². The fourth-order valence-electron chi connectivity index (χ4n) is 0.925. The first-order chi connectivity index (χ1) is 6.15. The molecule has 0 saturated carbocycles. The molecule has 2 nitrogen and oxygen atoms in total. The minimum Gasteiger partial charge on any atom is -0.330 e. The van der Waals surface area contributed by atoms with Gasteiger partial charge in [0, 0.05) is 0 Å². The van der Waals surface area contributed by atoms with Crippen molar-refractivity contribution >= 4 is 12.4 Å². The molecule has 0 heterocycles. The molecule has 0 unspecified atom stereocenters. The number of rotatable bonds is 6. The normalized spacial score (nSPS) is 9.00. The topological polar surface area (TPSA) is 29.3 Å². The second-order valence-corrected chi connectivity index (χ2v) is 3.90. The third kappa shape index (κ3) is 39.8. The van der Waals surface area contributed by atoms with E-state index in [1.807, 2.05) is 26.0 Å². The molecule has 0 fully saturated rings. The fourth-order valence-corrected chi connectivity index (χ4v) is 0.925. The van der Waals surface area contributed by atoms with E-state index in [1.54, 1.807) is 0 Å². The third-order valence-electron chi connectivity index (χ3n) is 1.56. The Morgan fingerprint density at radius 3 is 1.57 bits per heavy atom. The zero-order chi connectivity index (χ0) is 10.5. The maximum Gasteiger partial charge on any atom is -0.00773 e. The van der Waals surface area contributed by atoms with E-state index in [9.17, 15) is 0 Å². The lowest BCUT2D eigenvalue weighted by atomic mass is 10.1. The summed E-state index contributed by atoms with van der Waals surface area (Å²) < 4.78 is 0. The van der Waals surface area contributed by atoms with Crippen LogP contribution in [0.1, 0.15) is 45.4 Å². The molecule has 0 saturated heterocycles. The molecule has 0 atom stereocenters. The lowest BCUT2D eigenvalue weighted by Gasteiger charge is -1.96. The quantitative estimate of drug-likeness (QED) is 0.704. The van der Waals surface area contributed by atoms with Crippen molar-refractivity contribution in [2.24, 2.45) is 5.73 Å². The van der Waals surface area contributed by atoms with Gasteiger partial charge in [0.25, 0.3) is 0 Å². The Labute approximate surface area is 96.6 Å². The Bertz CT molecular complexity index is 68.9. The van der Waals surface area contributed by atoms with Crippen molar-refractivity contribution in [3.05, 3.63) is 0 Å². The molecule has 0 spiro atoms. The molecule has 0 aliphatic rings. The highest BCUT2D eigenvalue weighted by Crippen LogP contribution is 2.03. The zero-order valence-electron chi connectivity index (χ0n) is 10.4. The Morgan fingerprint density at radius 2 is 1.21 bits per heavy atom. The summed E-state index contributed by atoms with van der Waals surface area (Å²) in [4.78, 5) is 2.00. The third-order valence-corrected chi connectivity index (χ3v) is 1.56. The van der Waals surface area contributed by atoms with Crippen LogP contribution in [0, 0.1) is 0 Å². The first kappa shape index (κ1) is 19.7. The summed E-state index contributed by atoms with van der Waals surface area (Å²) in [6, 6.07) is 0. The van der Waals surface area contributed by atoms with Gasteiger partial charge in [0.2, 0.25) is 0 Å². The van der Waals surface area contributed by atoms with Gasteiger partial charge in [-0.15, -0.1) is 12.4 Å². The number of nitrogens with zero attached hydrogens (tertiary/aromatic N) is 1. The van der Waals surface area contributed by atoms with Crippen LogP contribution in [-0.4, -0.2) is 32.6 Å². The van der Waals surface area contributed by atoms with Crippen LogP contribution in [0.2, 0.25) is 0 Å². The molecule has 90 valence electrons. The predicted octanol–water partition coefficient (Wildman–Crippen LogP) is 2.91. The van der Waals surface area contributed by atoms with Crippen LogP contribution >= 0.6 is 12.4 Å². The Balaban J connectivity index is -0.000000209. The van der Waals surface area contributed by atoms with Crippen LogP contribution in [-0.2, 0) is 0 Å². The summed E-state index contributed by atoms with van der Waals surface area (Å²) in [6.45, 7) is 3.11. The largest absolute Gasteiger partial charge is 0.330 e. The Hall–Kier alpha value is 0.210. The van der Waals surface area contributed by atoms with Crippen LogP contribution in [0.25, 0.3) is 0 Å². The van der Waals surface area contributed by atoms with Crippen LogP contribution in [0.5, 0.6) is 0 Å². The van der Waals surface area contributed by atoms with E-state index in [2.05, 4.69) is 6.92 Å². The fraction of sp³-hybridized carbons (Fsp3) is 1.00. The summed E-state index contributed by atoms with van der Waals surface area (Å²) in [5.74, 6) is 0. The number of hydrogen-bond donors (Lipinski definition) is 1. The van der Waals surface area contributed by atoms with E-state index in [0.29, 0.717) is 0 Å². The molecule has 14 heavy (non-hydrogen) atoms. The van der Waals surface area contributed by atoms with Crippen molar-refractivity contribution in [1.82, 2.24) is 4.90 Å². The van der Waals surface area contributed by atoms with E-state index in [-0.39, 0.29) is 12.4 Å². The van der Waals surface area contributed by atoms with Gasteiger partial charge in [-0.2, -0.15) is 0 Å². The highest BCUT2D eigenvalue weighted by molar-refractivity contribution is 5.85. The molecule has 0 rings (SSSR count). The maximum atomic E-state index is 5.34. The van der Waals surface area contributed by atoms with E-state index in [4.69, 9.17) is 5.73 Å². The molecule has 0 radical (unpaired) electrons. The minimum atomic E-state index is 0. The Morgan fingerprint density at radius 1 is 0.857 bits per heavy atom. The van der Waals surface area contributed by atoms with Crippen LogP contribution < -0.4 is 5.73 Å². The molecule has 0 amide bonds. The van der Waals surface area contributed by atoms with Gasteiger partial charge in [-0.25, -0.2) is 0 Å². The lowest BCUT2D eigenvalue weighted by molar-refractivity contribution is 0.505. The molecule has 0 bridgehead atoms. The molecule has 0 aromatic heterocycles. The van der Waals surface area contributed by atoms with Gasteiger partial charge in [0.05, 0.1) is 0 Å². The van der Waals surface area contributed by atoms with Gasteiger partial charge in [-0.05, 0) is 34.1 Å². The Kier molecular flexibility index (Phi) is 26.6. The van der Waals surface area contributed by atoms with Crippen molar-refractivity contribution < 1.29 is 0 Å². The molecule has 0 aliphatic carbocycles. The van der Waals surface area contributed by atoms with Gasteiger partial charge >= 0.3 is 0 Å². The summed E-state index contributed by atoms with van der Waals surface area (Å²) in [7, 11) is 6.00. The van der Waals surface area contributed by atoms with E-state index < -0.39 is 0 Å². The monoisotopic (exact) mass is 224 g/mol. The van der Waals surface area contributed by atoms with Gasteiger partial charge in [0.15, 0.2) is 0 Å². The minimum absolute atomic E-state index is 0. The van der Waals surface area contributed by atoms with Gasteiger partial charge in [-0.1, -0.05) is 39.0 Å². The first-order valence-corrected chi connectivity index (χ1v) is 5.46. The molecule has 3 heteroatoms. The molecular weight excluding hydrogens is 196 g/mol. The molecule has 0 aromatic rings. The van der Waals surface area contributed by atoms with Crippen LogP contribution in [0.4, 0.5) is 0 Å². The van der Waals surface area contributed by atoms with Crippen molar-refractivity contribution in [3.63, 3.8) is 0 Å². The van der Waals surface area contributed by atoms with Crippen molar-refractivity contribution in [1.29, 1.82) is 0 Å². The number of hydrogen-bond acceptors (Lipinski definition) is 2. The summed E-state index contributed by atoms with van der Waals surface area (Å²) in [5, 5.41) is 0. The highest BCUT2D eigenvalue weighted by Gasteiger charge is 1.85. The van der Waals surface area contributed by atoms with E-state index >= 15 is 0 Å². The first-order valence-electron chi connectivity index (χ1n) is 5.46. The predicted molar refractivity (Wildman–Crippen MR) is 69.3 cm³/mol. The summed E-state index contributed by atoms with van der Waals surface area (Å²) >= 11 is 0. The van der Waals surface area contributed by atoms with Gasteiger partial charge < -0.3 is 10.6 Å².